The van der Waals surface area contributed by atoms with Crippen LogP contribution in [0.1, 0.15) is 30.9 Å². The fraction of sp³-hybridized carbons (Fsp3) is 0.412. The average Bonchev–Trinajstić information content (AvgIpc) is 2.67. The Labute approximate surface area is 115 Å². The zero-order valence-electron chi connectivity index (χ0n) is 12.1. The van der Waals surface area contributed by atoms with Gasteiger partial charge in [-0.2, -0.15) is 0 Å². The highest BCUT2D eigenvalue weighted by atomic mass is 15.0. The molecule has 0 aliphatic rings. The van der Waals surface area contributed by atoms with Crippen molar-refractivity contribution in [3.63, 3.8) is 0 Å². The van der Waals surface area contributed by atoms with Gasteiger partial charge in [0, 0.05) is 23.6 Å². The Bertz CT molecular complexity index is 578. The van der Waals surface area contributed by atoms with Gasteiger partial charge in [-0.1, -0.05) is 23.8 Å². The molecular weight excluding hydrogens is 232 g/mol. The van der Waals surface area contributed by atoms with Gasteiger partial charge in [0.1, 0.15) is 0 Å². The lowest BCUT2D eigenvalue weighted by atomic mass is 10.1. The molecule has 2 aromatic rings. The van der Waals surface area contributed by atoms with E-state index < -0.39 is 0 Å². The van der Waals surface area contributed by atoms with Crippen molar-refractivity contribution in [3.05, 3.63) is 47.7 Å². The van der Waals surface area contributed by atoms with Crippen LogP contribution in [0.5, 0.6) is 0 Å². The Morgan fingerprint density at radius 1 is 1.32 bits per heavy atom. The summed E-state index contributed by atoms with van der Waals surface area (Å²) in [5.41, 5.74) is 10.8. The number of hydrogen-bond acceptors (Lipinski definition) is 1. The summed E-state index contributed by atoms with van der Waals surface area (Å²) in [4.78, 5) is 0. The van der Waals surface area contributed by atoms with Gasteiger partial charge in [-0.25, -0.2) is 0 Å². The molecule has 0 atom stereocenters. The van der Waals surface area contributed by atoms with Crippen LogP contribution in [0.2, 0.25) is 0 Å². The van der Waals surface area contributed by atoms with Gasteiger partial charge >= 0.3 is 0 Å². The SMILES string of the molecule is C=C(C)Cn1cc(CCCCN)c2cc(C)ccc21. The molecule has 0 amide bonds. The van der Waals surface area contributed by atoms with Crippen LogP contribution in [0.4, 0.5) is 0 Å². The van der Waals surface area contributed by atoms with E-state index in [1.54, 1.807) is 0 Å². The maximum atomic E-state index is 5.58. The number of nitrogens with two attached hydrogens (primary N) is 1. The lowest BCUT2D eigenvalue weighted by molar-refractivity contribution is 0.741. The minimum atomic E-state index is 0.781. The average molecular weight is 256 g/mol. The second-order valence-corrected chi connectivity index (χ2v) is 5.51. The van der Waals surface area contributed by atoms with Crippen molar-refractivity contribution >= 4 is 10.9 Å². The molecule has 2 N–H and O–H groups in total. The molecule has 0 aliphatic heterocycles. The zero-order chi connectivity index (χ0) is 13.8. The molecule has 2 rings (SSSR count). The second-order valence-electron chi connectivity index (χ2n) is 5.51. The van der Waals surface area contributed by atoms with Gasteiger partial charge < -0.3 is 10.3 Å². The first kappa shape index (κ1) is 13.9. The monoisotopic (exact) mass is 256 g/mol. The lowest BCUT2D eigenvalue weighted by Crippen LogP contribution is -1.99. The maximum Gasteiger partial charge on any atom is 0.0486 e. The third-order valence-corrected chi connectivity index (χ3v) is 3.46. The number of benzene rings is 1. The van der Waals surface area contributed by atoms with Crippen LogP contribution in [0.15, 0.2) is 36.5 Å². The van der Waals surface area contributed by atoms with Gasteiger partial charge in [0.15, 0.2) is 0 Å². The highest BCUT2D eigenvalue weighted by Crippen LogP contribution is 2.25. The fourth-order valence-electron chi connectivity index (χ4n) is 2.57. The molecule has 0 bridgehead atoms. The summed E-state index contributed by atoms with van der Waals surface area (Å²) >= 11 is 0. The Morgan fingerprint density at radius 2 is 2.11 bits per heavy atom. The standard InChI is InChI=1S/C17H24N2/c1-13(2)11-19-12-15(6-4-5-9-18)16-10-14(3)7-8-17(16)19/h7-8,10,12H,1,4-6,9,11,18H2,2-3H3. The molecule has 0 fully saturated rings. The van der Waals surface area contributed by atoms with E-state index in [0.717, 1.165) is 32.4 Å². The molecule has 0 unspecified atom stereocenters. The first-order chi connectivity index (χ1) is 9.11. The van der Waals surface area contributed by atoms with E-state index in [1.807, 2.05) is 0 Å². The summed E-state index contributed by atoms with van der Waals surface area (Å²) in [7, 11) is 0. The van der Waals surface area contributed by atoms with Crippen molar-refractivity contribution in [1.82, 2.24) is 4.57 Å². The van der Waals surface area contributed by atoms with Crippen molar-refractivity contribution in [1.29, 1.82) is 0 Å². The molecule has 0 aliphatic carbocycles. The van der Waals surface area contributed by atoms with E-state index >= 15 is 0 Å². The highest BCUT2D eigenvalue weighted by Gasteiger charge is 2.08. The summed E-state index contributed by atoms with van der Waals surface area (Å²) in [5.74, 6) is 0. The van der Waals surface area contributed by atoms with E-state index in [9.17, 15) is 0 Å². The largest absolute Gasteiger partial charge is 0.343 e. The number of aryl methyl sites for hydroxylation is 2. The Morgan fingerprint density at radius 3 is 2.79 bits per heavy atom. The van der Waals surface area contributed by atoms with E-state index in [0.29, 0.717) is 0 Å². The van der Waals surface area contributed by atoms with Gasteiger partial charge in [0.25, 0.3) is 0 Å². The number of rotatable bonds is 6. The molecule has 0 saturated heterocycles. The van der Waals surface area contributed by atoms with E-state index in [4.69, 9.17) is 5.73 Å². The minimum Gasteiger partial charge on any atom is -0.343 e. The quantitative estimate of drug-likeness (QED) is 0.618. The summed E-state index contributed by atoms with van der Waals surface area (Å²) in [6, 6.07) is 6.70. The molecule has 2 nitrogen and oxygen atoms in total. The number of aromatic nitrogens is 1. The summed E-state index contributed by atoms with van der Waals surface area (Å²) in [6.45, 7) is 9.93. The Hall–Kier alpha value is -1.54. The molecular formula is C17H24N2. The van der Waals surface area contributed by atoms with Crippen molar-refractivity contribution in [2.45, 2.75) is 39.7 Å². The van der Waals surface area contributed by atoms with Gasteiger partial charge in [-0.05, 0) is 57.4 Å². The Balaban J connectivity index is 2.38. The summed E-state index contributed by atoms with van der Waals surface area (Å²) in [6.07, 6.45) is 5.66. The lowest BCUT2D eigenvalue weighted by Gasteiger charge is -2.04. The van der Waals surface area contributed by atoms with E-state index in [-0.39, 0.29) is 0 Å². The van der Waals surface area contributed by atoms with Crippen LogP contribution in [-0.2, 0) is 13.0 Å². The first-order valence-corrected chi connectivity index (χ1v) is 7.04. The number of allylic oxidation sites excluding steroid dienone is 1. The van der Waals surface area contributed by atoms with Crippen LogP contribution in [-0.4, -0.2) is 11.1 Å². The molecule has 0 radical (unpaired) electrons. The number of nitrogens with zero attached hydrogens (tertiary/aromatic N) is 1. The van der Waals surface area contributed by atoms with Gasteiger partial charge in [0.05, 0.1) is 0 Å². The number of fused-ring (bicyclic) bond motifs is 1. The maximum absolute atomic E-state index is 5.58. The molecule has 2 heteroatoms. The molecule has 0 spiro atoms. The van der Waals surface area contributed by atoms with E-state index in [2.05, 4.69) is 49.4 Å². The molecule has 102 valence electrons. The van der Waals surface area contributed by atoms with Crippen molar-refractivity contribution < 1.29 is 0 Å². The summed E-state index contributed by atoms with van der Waals surface area (Å²) < 4.78 is 2.31. The molecule has 1 aromatic carbocycles. The number of unbranched alkanes of at least 4 members (excludes halogenated alkanes) is 1. The zero-order valence-corrected chi connectivity index (χ0v) is 12.1. The van der Waals surface area contributed by atoms with Gasteiger partial charge in [0.2, 0.25) is 0 Å². The van der Waals surface area contributed by atoms with Crippen LogP contribution >= 0.6 is 0 Å². The fourth-order valence-corrected chi connectivity index (χ4v) is 2.57. The second kappa shape index (κ2) is 6.07. The van der Waals surface area contributed by atoms with Gasteiger partial charge in [-0.15, -0.1) is 0 Å². The molecule has 0 saturated carbocycles. The van der Waals surface area contributed by atoms with Crippen LogP contribution in [0.25, 0.3) is 10.9 Å². The predicted molar refractivity (Wildman–Crippen MR) is 83.5 cm³/mol. The van der Waals surface area contributed by atoms with Crippen LogP contribution in [0, 0.1) is 6.92 Å². The molecule has 19 heavy (non-hydrogen) atoms. The first-order valence-electron chi connectivity index (χ1n) is 7.04. The van der Waals surface area contributed by atoms with Crippen LogP contribution in [0.3, 0.4) is 0 Å². The van der Waals surface area contributed by atoms with Crippen molar-refractivity contribution in [2.75, 3.05) is 6.54 Å². The smallest absolute Gasteiger partial charge is 0.0486 e. The van der Waals surface area contributed by atoms with E-state index in [1.165, 1.54) is 27.6 Å². The Kier molecular flexibility index (Phi) is 4.43. The van der Waals surface area contributed by atoms with Gasteiger partial charge in [-0.3, -0.25) is 0 Å². The summed E-state index contributed by atoms with van der Waals surface area (Å²) in [5, 5.41) is 1.39. The third-order valence-electron chi connectivity index (χ3n) is 3.46. The third kappa shape index (κ3) is 3.27. The normalized spacial score (nSPS) is 11.1. The minimum absolute atomic E-state index is 0.781. The molecule has 1 heterocycles. The number of hydrogen-bond donors (Lipinski definition) is 1. The van der Waals surface area contributed by atoms with Crippen LogP contribution < -0.4 is 5.73 Å². The predicted octanol–water partition coefficient (Wildman–Crippen LogP) is 3.81. The van der Waals surface area contributed by atoms with Crippen molar-refractivity contribution in [2.24, 2.45) is 5.73 Å². The molecule has 1 aromatic heterocycles. The van der Waals surface area contributed by atoms with Crippen molar-refractivity contribution in [3.8, 4) is 0 Å². The highest BCUT2D eigenvalue weighted by molar-refractivity contribution is 5.84. The topological polar surface area (TPSA) is 30.9 Å².